The van der Waals surface area contributed by atoms with E-state index in [-0.39, 0.29) is 5.41 Å². The van der Waals surface area contributed by atoms with Crippen LogP contribution in [-0.4, -0.2) is 15.3 Å². The second-order valence-electron chi connectivity index (χ2n) is 8.46. The third-order valence-electron chi connectivity index (χ3n) is 6.35. The van der Waals surface area contributed by atoms with Crippen molar-refractivity contribution in [3.05, 3.63) is 88.5 Å². The fourth-order valence-electron chi connectivity index (χ4n) is 4.77. The van der Waals surface area contributed by atoms with E-state index in [0.717, 1.165) is 32.1 Å². The fraction of sp³-hybridized carbons (Fsp3) is 0.308. The Kier molecular flexibility index (Phi) is 5.23. The lowest BCUT2D eigenvalue weighted by Gasteiger charge is -2.34. The van der Waals surface area contributed by atoms with Gasteiger partial charge in [-0.05, 0) is 108 Å². The van der Waals surface area contributed by atoms with Gasteiger partial charge in [-0.3, -0.25) is 0 Å². The van der Waals surface area contributed by atoms with E-state index in [1.54, 1.807) is 24.3 Å². The maximum Gasteiger partial charge on any atom is 0.115 e. The van der Waals surface area contributed by atoms with Gasteiger partial charge in [-0.15, -0.1) is 0 Å². The smallest absolute Gasteiger partial charge is 0.115 e. The molecule has 0 bridgehead atoms. The maximum absolute atomic E-state index is 9.70. The van der Waals surface area contributed by atoms with Crippen LogP contribution < -0.4 is 0 Å². The van der Waals surface area contributed by atoms with Crippen LogP contribution in [0.5, 0.6) is 17.2 Å². The van der Waals surface area contributed by atoms with Crippen molar-refractivity contribution in [1.82, 2.24) is 0 Å². The molecule has 0 saturated carbocycles. The van der Waals surface area contributed by atoms with Crippen LogP contribution in [0.2, 0.25) is 0 Å². The second-order valence-corrected chi connectivity index (χ2v) is 8.46. The normalized spacial score (nSPS) is 19.2. The first-order valence-corrected chi connectivity index (χ1v) is 10.4. The first-order valence-electron chi connectivity index (χ1n) is 10.4. The number of phenolic OH excluding ortho intramolecular Hbond substituents is 3. The Labute approximate surface area is 172 Å². The van der Waals surface area contributed by atoms with Crippen LogP contribution >= 0.6 is 0 Å². The largest absolute Gasteiger partial charge is 0.508 e. The molecule has 2 aliphatic carbocycles. The first-order chi connectivity index (χ1) is 14.0. The summed E-state index contributed by atoms with van der Waals surface area (Å²) in [5, 5.41) is 28.2. The number of benzene rings is 3. The van der Waals surface area contributed by atoms with Crippen molar-refractivity contribution in [2.24, 2.45) is 5.41 Å². The highest BCUT2D eigenvalue weighted by Crippen LogP contribution is 2.47. The number of aryl methyl sites for hydroxylation is 2. The summed E-state index contributed by atoms with van der Waals surface area (Å²) < 4.78 is 0. The van der Waals surface area contributed by atoms with E-state index in [0.29, 0.717) is 17.2 Å². The molecule has 0 amide bonds. The quantitative estimate of drug-likeness (QED) is 0.528. The topological polar surface area (TPSA) is 60.7 Å². The molecule has 29 heavy (non-hydrogen) atoms. The Morgan fingerprint density at radius 3 is 1.79 bits per heavy atom. The molecule has 0 aromatic heterocycles. The van der Waals surface area contributed by atoms with Gasteiger partial charge in [-0.25, -0.2) is 0 Å². The lowest BCUT2D eigenvalue weighted by molar-refractivity contribution is 0.261. The van der Waals surface area contributed by atoms with Crippen molar-refractivity contribution in [2.75, 3.05) is 0 Å². The molecule has 0 aliphatic heterocycles. The molecule has 1 atom stereocenters. The lowest BCUT2D eigenvalue weighted by Crippen LogP contribution is -2.29. The van der Waals surface area contributed by atoms with Crippen LogP contribution in [0.1, 0.15) is 41.2 Å². The molecular formula is C26H28O3. The molecule has 0 unspecified atom stereocenters. The van der Waals surface area contributed by atoms with Gasteiger partial charge in [0, 0.05) is 0 Å². The van der Waals surface area contributed by atoms with Crippen LogP contribution in [-0.2, 0) is 32.1 Å². The van der Waals surface area contributed by atoms with Gasteiger partial charge in [0.2, 0.25) is 0 Å². The Hall–Kier alpha value is -2.94. The van der Waals surface area contributed by atoms with Crippen molar-refractivity contribution < 1.29 is 15.3 Å². The SMILES string of the molecule is CCc1ccc(O)cc1.Oc1ccc2c(c1)C[C@@]1(CC2)Cc2ccc(O)cc2C1. The third-order valence-corrected chi connectivity index (χ3v) is 6.35. The molecule has 0 radical (unpaired) electrons. The van der Waals surface area contributed by atoms with Crippen molar-refractivity contribution >= 4 is 0 Å². The van der Waals surface area contributed by atoms with Gasteiger partial charge in [0.15, 0.2) is 0 Å². The molecule has 1 spiro atoms. The van der Waals surface area contributed by atoms with Crippen molar-refractivity contribution in [1.29, 1.82) is 0 Å². The minimum atomic E-state index is 0.289. The van der Waals surface area contributed by atoms with Crippen LogP contribution in [0.25, 0.3) is 0 Å². The van der Waals surface area contributed by atoms with E-state index in [2.05, 4.69) is 19.1 Å². The molecular weight excluding hydrogens is 360 g/mol. The average molecular weight is 389 g/mol. The number of fused-ring (bicyclic) bond motifs is 2. The zero-order valence-electron chi connectivity index (χ0n) is 16.9. The standard InChI is InChI=1S/C18H18O2.C8H10O/c19-16-3-1-12-5-6-18(10-14(12)7-16)9-13-2-4-17(20)8-15(13)11-18;1-2-7-3-5-8(9)6-4-7/h1-4,7-8,19-20H,5-6,9-11H2;3-6,9H,2H2,1H3/t18-;/m1./s1. The van der Waals surface area contributed by atoms with E-state index in [1.807, 2.05) is 24.3 Å². The zero-order chi connectivity index (χ0) is 20.4. The van der Waals surface area contributed by atoms with Gasteiger partial charge >= 0.3 is 0 Å². The summed E-state index contributed by atoms with van der Waals surface area (Å²) in [6.07, 6.45) is 6.49. The highest BCUT2D eigenvalue weighted by Gasteiger charge is 2.39. The maximum atomic E-state index is 9.70. The summed E-state index contributed by atoms with van der Waals surface area (Å²) in [7, 11) is 0. The predicted octanol–water partition coefficient (Wildman–Crippen LogP) is 5.33. The minimum Gasteiger partial charge on any atom is -0.508 e. The molecule has 3 N–H and O–H groups in total. The molecule has 3 nitrogen and oxygen atoms in total. The van der Waals surface area contributed by atoms with E-state index in [9.17, 15) is 10.2 Å². The lowest BCUT2D eigenvalue weighted by atomic mass is 9.70. The van der Waals surface area contributed by atoms with Crippen LogP contribution in [0.15, 0.2) is 60.7 Å². The molecule has 3 aromatic carbocycles. The second kappa shape index (κ2) is 7.82. The molecule has 0 heterocycles. The van der Waals surface area contributed by atoms with Gasteiger partial charge in [0.1, 0.15) is 17.2 Å². The number of aromatic hydroxyl groups is 3. The summed E-state index contributed by atoms with van der Waals surface area (Å²) in [6, 6.07) is 18.8. The molecule has 5 rings (SSSR count). The monoisotopic (exact) mass is 388 g/mol. The summed E-state index contributed by atoms with van der Waals surface area (Å²) in [4.78, 5) is 0. The van der Waals surface area contributed by atoms with E-state index < -0.39 is 0 Å². The van der Waals surface area contributed by atoms with Gasteiger partial charge in [-0.2, -0.15) is 0 Å². The average Bonchev–Trinajstić information content (AvgIpc) is 3.05. The summed E-state index contributed by atoms with van der Waals surface area (Å²) >= 11 is 0. The van der Waals surface area contributed by atoms with Gasteiger partial charge in [0.05, 0.1) is 0 Å². The highest BCUT2D eigenvalue weighted by atomic mass is 16.3. The van der Waals surface area contributed by atoms with Crippen LogP contribution in [0, 0.1) is 5.41 Å². The Morgan fingerprint density at radius 2 is 1.17 bits per heavy atom. The van der Waals surface area contributed by atoms with Crippen molar-refractivity contribution in [2.45, 2.75) is 45.4 Å². The molecule has 3 aromatic rings. The Morgan fingerprint density at radius 1 is 0.655 bits per heavy atom. The Bertz CT molecular complexity index is 1010. The molecule has 0 fully saturated rings. The number of rotatable bonds is 1. The number of phenols is 3. The van der Waals surface area contributed by atoms with Gasteiger partial charge in [-0.1, -0.05) is 31.2 Å². The Balaban J connectivity index is 0.000000192. The minimum absolute atomic E-state index is 0.289. The fourth-order valence-corrected chi connectivity index (χ4v) is 4.77. The number of hydrogen-bond acceptors (Lipinski definition) is 3. The summed E-state index contributed by atoms with van der Waals surface area (Å²) in [5.41, 5.74) is 6.91. The van der Waals surface area contributed by atoms with E-state index in [4.69, 9.17) is 5.11 Å². The third kappa shape index (κ3) is 4.24. The molecule has 3 heteroatoms. The summed E-state index contributed by atoms with van der Waals surface area (Å²) in [5.74, 6) is 1.08. The van der Waals surface area contributed by atoms with E-state index in [1.165, 1.54) is 34.2 Å². The molecule has 150 valence electrons. The van der Waals surface area contributed by atoms with Gasteiger partial charge < -0.3 is 15.3 Å². The van der Waals surface area contributed by atoms with Crippen molar-refractivity contribution in [3.8, 4) is 17.2 Å². The van der Waals surface area contributed by atoms with Gasteiger partial charge in [0.25, 0.3) is 0 Å². The summed E-state index contributed by atoms with van der Waals surface area (Å²) in [6.45, 7) is 2.09. The zero-order valence-corrected chi connectivity index (χ0v) is 16.9. The van der Waals surface area contributed by atoms with E-state index >= 15 is 0 Å². The van der Waals surface area contributed by atoms with Crippen molar-refractivity contribution in [3.63, 3.8) is 0 Å². The van der Waals surface area contributed by atoms with Crippen LogP contribution in [0.3, 0.4) is 0 Å². The molecule has 0 saturated heterocycles. The first kappa shape index (κ1) is 19.4. The number of hydrogen-bond donors (Lipinski definition) is 3. The highest BCUT2D eigenvalue weighted by molar-refractivity contribution is 5.43. The molecule has 2 aliphatic rings. The van der Waals surface area contributed by atoms with Crippen LogP contribution in [0.4, 0.5) is 0 Å². The predicted molar refractivity (Wildman–Crippen MR) is 116 cm³/mol.